The summed E-state index contributed by atoms with van der Waals surface area (Å²) in [4.78, 5) is 19.6. The predicted molar refractivity (Wildman–Crippen MR) is 113 cm³/mol. The molecule has 6 nitrogen and oxygen atoms in total. The second-order valence-electron chi connectivity index (χ2n) is 8.26. The van der Waals surface area contributed by atoms with E-state index in [1.807, 2.05) is 19.9 Å². The first-order valence-corrected chi connectivity index (χ1v) is 10.1. The van der Waals surface area contributed by atoms with Crippen LogP contribution in [0.4, 0.5) is 13.2 Å². The largest absolute Gasteiger partial charge is 0.484 e. The van der Waals surface area contributed by atoms with Gasteiger partial charge in [0.05, 0.1) is 5.69 Å². The third kappa shape index (κ3) is 3.90. The first-order valence-electron chi connectivity index (χ1n) is 10.1. The van der Waals surface area contributed by atoms with Crippen LogP contribution in [-0.4, -0.2) is 21.7 Å². The highest BCUT2D eigenvalue weighted by atomic mass is 19.2. The average Bonchev–Trinajstić information content (AvgIpc) is 2.76. The molecule has 0 saturated carbocycles. The molecule has 168 valence electrons. The first-order chi connectivity index (χ1) is 15.7. The van der Waals surface area contributed by atoms with Crippen LogP contribution in [0.3, 0.4) is 0 Å². The van der Waals surface area contributed by atoms with Gasteiger partial charge in [-0.05, 0) is 43.7 Å². The normalized spacial score (nSPS) is 16.8. The Bertz CT molecular complexity index is 1430. The summed E-state index contributed by atoms with van der Waals surface area (Å²) in [5.41, 5.74) is 0.284. The molecule has 1 aliphatic heterocycles. The number of rotatable bonds is 3. The fraction of sp³-hybridized carbons (Fsp3) is 0.208. The highest BCUT2D eigenvalue weighted by Gasteiger charge is 2.39. The molecule has 1 aliphatic rings. The molecule has 3 heterocycles. The quantitative estimate of drug-likeness (QED) is 0.326. The minimum absolute atomic E-state index is 0.0520. The van der Waals surface area contributed by atoms with Gasteiger partial charge in [-0.25, -0.2) is 27.9 Å². The van der Waals surface area contributed by atoms with E-state index >= 15 is 0 Å². The minimum Gasteiger partial charge on any atom is -0.484 e. The molecule has 0 aliphatic carbocycles. The summed E-state index contributed by atoms with van der Waals surface area (Å²) in [6.07, 6.45) is 1.20. The molecule has 4 aromatic rings. The smallest absolute Gasteiger partial charge is 0.336 e. The topological polar surface area (TPSA) is 74.5 Å². The van der Waals surface area contributed by atoms with E-state index < -0.39 is 34.8 Å². The van der Waals surface area contributed by atoms with Gasteiger partial charge in [0, 0.05) is 35.6 Å². The summed E-state index contributed by atoms with van der Waals surface area (Å²) in [6, 6.07) is 9.72. The monoisotopic (exact) mass is 454 g/mol. The lowest BCUT2D eigenvalue weighted by Gasteiger charge is -2.39. The third-order valence-electron chi connectivity index (χ3n) is 5.54. The van der Waals surface area contributed by atoms with Gasteiger partial charge in [0.2, 0.25) is 5.88 Å². The van der Waals surface area contributed by atoms with Gasteiger partial charge in [0.15, 0.2) is 17.5 Å². The molecule has 0 N–H and O–H groups in total. The van der Waals surface area contributed by atoms with Crippen molar-refractivity contribution in [3.63, 3.8) is 0 Å². The summed E-state index contributed by atoms with van der Waals surface area (Å²) < 4.78 is 58.1. The van der Waals surface area contributed by atoms with E-state index in [9.17, 15) is 18.0 Å². The van der Waals surface area contributed by atoms with E-state index in [1.54, 1.807) is 12.1 Å². The highest BCUT2D eigenvalue weighted by Crippen LogP contribution is 2.37. The Morgan fingerprint density at radius 3 is 2.55 bits per heavy atom. The third-order valence-corrected chi connectivity index (χ3v) is 5.54. The van der Waals surface area contributed by atoms with Crippen molar-refractivity contribution in [2.45, 2.75) is 32.0 Å². The summed E-state index contributed by atoms with van der Waals surface area (Å²) in [7, 11) is 0. The minimum atomic E-state index is -1.55. The molecule has 1 atom stereocenters. The van der Waals surface area contributed by atoms with Crippen LogP contribution in [0.2, 0.25) is 0 Å². The molecule has 2 aromatic carbocycles. The van der Waals surface area contributed by atoms with Gasteiger partial charge in [-0.3, -0.25) is 0 Å². The van der Waals surface area contributed by atoms with E-state index in [1.165, 1.54) is 18.5 Å². The van der Waals surface area contributed by atoms with Crippen LogP contribution in [-0.2, 0) is 6.42 Å². The maximum atomic E-state index is 13.6. The number of hydrogen-bond donors (Lipinski definition) is 0. The number of aromatic nitrogens is 2. The number of fused-ring (bicyclic) bond motifs is 2. The van der Waals surface area contributed by atoms with Gasteiger partial charge in [0.1, 0.15) is 29.4 Å². The molecular weight excluding hydrogens is 437 g/mol. The Hall–Kier alpha value is -3.88. The number of benzene rings is 2. The number of halogens is 3. The Labute approximate surface area is 185 Å². The lowest BCUT2D eigenvalue weighted by Crippen LogP contribution is -2.49. The second kappa shape index (κ2) is 7.61. The van der Waals surface area contributed by atoms with Crippen LogP contribution >= 0.6 is 0 Å². The van der Waals surface area contributed by atoms with Crippen molar-refractivity contribution in [1.29, 1.82) is 0 Å². The molecule has 9 heteroatoms. The molecule has 1 unspecified atom stereocenters. The van der Waals surface area contributed by atoms with Crippen LogP contribution in [0.1, 0.15) is 19.4 Å². The van der Waals surface area contributed by atoms with Crippen LogP contribution in [0, 0.1) is 17.5 Å². The van der Waals surface area contributed by atoms with Crippen molar-refractivity contribution in [2.75, 3.05) is 0 Å². The molecule has 0 radical (unpaired) electrons. The molecule has 33 heavy (non-hydrogen) atoms. The zero-order valence-electron chi connectivity index (χ0n) is 17.6. The molecule has 2 aromatic heterocycles. The zero-order chi connectivity index (χ0) is 23.3. The molecule has 0 bridgehead atoms. The molecule has 5 rings (SSSR count). The van der Waals surface area contributed by atoms with E-state index in [0.29, 0.717) is 17.8 Å². The van der Waals surface area contributed by atoms with Crippen molar-refractivity contribution in [1.82, 2.24) is 9.97 Å². The summed E-state index contributed by atoms with van der Waals surface area (Å²) >= 11 is 0. The molecule has 0 spiro atoms. The number of nitrogens with zero attached hydrogens (tertiary/aromatic N) is 2. The predicted octanol–water partition coefficient (Wildman–Crippen LogP) is 4.83. The maximum absolute atomic E-state index is 13.6. The van der Waals surface area contributed by atoms with Crippen molar-refractivity contribution in [3.05, 3.63) is 82.2 Å². The lowest BCUT2D eigenvalue weighted by molar-refractivity contribution is -0.0287. The van der Waals surface area contributed by atoms with Gasteiger partial charge < -0.3 is 13.9 Å². The van der Waals surface area contributed by atoms with E-state index in [-0.39, 0.29) is 17.1 Å². The van der Waals surface area contributed by atoms with Crippen molar-refractivity contribution in [3.8, 4) is 22.9 Å². The van der Waals surface area contributed by atoms with Crippen LogP contribution in [0.15, 0.2) is 58.0 Å². The van der Waals surface area contributed by atoms with Gasteiger partial charge in [0.25, 0.3) is 0 Å². The Morgan fingerprint density at radius 1 is 1.03 bits per heavy atom. The standard InChI is InChI=1S/C24H17F3N2O4/c1-24(2)20(8-14-5-12-3-4-22(30)31-18(12)10-19(14)33-24)32-21-9-17(28-11-29-21)13-6-15(25)23(27)16(26)7-13/h3-7,9-11,20H,8H2,1-2H3. The van der Waals surface area contributed by atoms with Crippen molar-refractivity contribution >= 4 is 11.0 Å². The molecular formula is C24H17F3N2O4. The van der Waals surface area contributed by atoms with Crippen LogP contribution < -0.4 is 15.1 Å². The number of hydrogen-bond acceptors (Lipinski definition) is 6. The molecule has 0 fully saturated rings. The molecule has 0 saturated heterocycles. The van der Waals surface area contributed by atoms with Crippen molar-refractivity contribution < 1.29 is 27.1 Å². The summed E-state index contributed by atoms with van der Waals surface area (Å²) in [6.45, 7) is 3.69. The van der Waals surface area contributed by atoms with E-state index in [2.05, 4.69) is 9.97 Å². The molecule has 0 amide bonds. The fourth-order valence-corrected chi connectivity index (χ4v) is 3.79. The second-order valence-corrected chi connectivity index (χ2v) is 8.26. The number of ether oxygens (including phenoxy) is 2. The summed E-state index contributed by atoms with van der Waals surface area (Å²) in [5.74, 6) is -3.42. The maximum Gasteiger partial charge on any atom is 0.336 e. The van der Waals surface area contributed by atoms with Gasteiger partial charge >= 0.3 is 5.63 Å². The van der Waals surface area contributed by atoms with Crippen LogP contribution in [0.25, 0.3) is 22.2 Å². The van der Waals surface area contributed by atoms with Crippen LogP contribution in [0.5, 0.6) is 11.6 Å². The first kappa shape index (κ1) is 21.0. The fourth-order valence-electron chi connectivity index (χ4n) is 3.79. The Kier molecular flexibility index (Phi) is 4.84. The van der Waals surface area contributed by atoms with Crippen molar-refractivity contribution in [2.24, 2.45) is 0 Å². The van der Waals surface area contributed by atoms with Gasteiger partial charge in [-0.1, -0.05) is 0 Å². The average molecular weight is 454 g/mol. The lowest BCUT2D eigenvalue weighted by atomic mass is 9.90. The van der Waals surface area contributed by atoms with E-state index in [0.717, 1.165) is 23.1 Å². The highest BCUT2D eigenvalue weighted by molar-refractivity contribution is 5.79. The van der Waals surface area contributed by atoms with Gasteiger partial charge in [-0.2, -0.15) is 0 Å². The summed E-state index contributed by atoms with van der Waals surface area (Å²) in [5, 5.41) is 0.750. The SMILES string of the molecule is CC1(C)Oc2cc3oc(=O)ccc3cc2CC1Oc1cc(-c2cc(F)c(F)c(F)c2)ncn1. The zero-order valence-corrected chi connectivity index (χ0v) is 17.6. The van der Waals surface area contributed by atoms with E-state index in [4.69, 9.17) is 13.9 Å². The van der Waals surface area contributed by atoms with Gasteiger partial charge in [-0.15, -0.1) is 0 Å². The Morgan fingerprint density at radius 2 is 1.79 bits per heavy atom. The Balaban J connectivity index is 1.46.